The third-order valence-corrected chi connectivity index (χ3v) is 4.84. The lowest BCUT2D eigenvalue weighted by atomic mass is 9.99. The van der Waals surface area contributed by atoms with Crippen molar-refractivity contribution in [2.75, 3.05) is 7.11 Å². The monoisotopic (exact) mass is 431 g/mol. The van der Waals surface area contributed by atoms with Crippen molar-refractivity contribution in [2.45, 2.75) is 12.5 Å². The average molecular weight is 431 g/mol. The highest BCUT2D eigenvalue weighted by Crippen LogP contribution is 2.13. The topological polar surface area (TPSA) is 110 Å². The molecule has 0 aliphatic heterocycles. The Morgan fingerprint density at radius 2 is 1.41 bits per heavy atom. The van der Waals surface area contributed by atoms with Crippen molar-refractivity contribution in [3.63, 3.8) is 0 Å². The fourth-order valence-electron chi connectivity index (χ4n) is 3.13. The van der Waals surface area contributed by atoms with Crippen LogP contribution in [0.15, 0.2) is 78.9 Å². The summed E-state index contributed by atoms with van der Waals surface area (Å²) in [4.78, 5) is 48.4. The second kappa shape index (κ2) is 10.2. The normalized spacial score (nSPS) is 11.3. The zero-order chi connectivity index (χ0) is 23.1. The van der Waals surface area contributed by atoms with Crippen molar-refractivity contribution in [1.29, 1.82) is 0 Å². The van der Waals surface area contributed by atoms with Gasteiger partial charge in [0, 0.05) is 23.1 Å². The van der Waals surface area contributed by atoms with Gasteiger partial charge in [0.1, 0.15) is 6.04 Å². The van der Waals surface area contributed by atoms with E-state index in [1.165, 1.54) is 31.4 Å². The van der Waals surface area contributed by atoms with Crippen LogP contribution in [-0.4, -0.2) is 41.9 Å². The minimum absolute atomic E-state index is 0.0254. The molecule has 0 saturated heterocycles. The molecule has 32 heavy (non-hydrogen) atoms. The first-order valence-corrected chi connectivity index (χ1v) is 9.80. The summed E-state index contributed by atoms with van der Waals surface area (Å²) in [5, 5.41) is 12.0. The third-order valence-electron chi connectivity index (χ3n) is 4.84. The van der Waals surface area contributed by atoms with E-state index in [0.29, 0.717) is 16.7 Å². The highest BCUT2D eigenvalue weighted by Gasteiger charge is 2.22. The van der Waals surface area contributed by atoms with E-state index in [1.54, 1.807) is 48.5 Å². The van der Waals surface area contributed by atoms with Gasteiger partial charge in [-0.3, -0.25) is 9.59 Å². The molecule has 2 N–H and O–H groups in total. The molecule has 7 nitrogen and oxygen atoms in total. The van der Waals surface area contributed by atoms with Crippen LogP contribution in [0.3, 0.4) is 0 Å². The number of aliphatic carboxylic acids is 1. The van der Waals surface area contributed by atoms with Gasteiger partial charge in [-0.25, -0.2) is 9.59 Å². The number of hydrogen-bond donors (Lipinski definition) is 2. The van der Waals surface area contributed by atoms with E-state index in [1.807, 2.05) is 6.07 Å². The Morgan fingerprint density at radius 3 is 2.03 bits per heavy atom. The molecule has 0 bridgehead atoms. The van der Waals surface area contributed by atoms with Gasteiger partial charge >= 0.3 is 11.9 Å². The van der Waals surface area contributed by atoms with Gasteiger partial charge in [-0.15, -0.1) is 0 Å². The number of nitrogens with one attached hydrogen (secondary N) is 1. The predicted molar refractivity (Wildman–Crippen MR) is 117 cm³/mol. The summed E-state index contributed by atoms with van der Waals surface area (Å²) in [6.45, 7) is 0. The standard InChI is InChI=1S/C25H21NO6/c1-32-25(31)20-9-5-8-19(15-20)23(28)26-21(24(29)30)14-16-10-12-18(13-11-16)22(27)17-6-3-2-4-7-17/h2-13,15,21H,14H2,1H3,(H,26,28)(H,29,30)/t21-/m0/s1. The van der Waals surface area contributed by atoms with Crippen LogP contribution in [0.2, 0.25) is 0 Å². The first kappa shape index (κ1) is 22.4. The Kier molecular flexibility index (Phi) is 7.13. The lowest BCUT2D eigenvalue weighted by Gasteiger charge is -2.15. The van der Waals surface area contributed by atoms with E-state index in [2.05, 4.69) is 10.1 Å². The summed E-state index contributed by atoms with van der Waals surface area (Å²) < 4.78 is 4.64. The molecule has 7 heteroatoms. The van der Waals surface area contributed by atoms with Gasteiger partial charge in [-0.2, -0.15) is 0 Å². The highest BCUT2D eigenvalue weighted by atomic mass is 16.5. The van der Waals surface area contributed by atoms with Gasteiger partial charge in [-0.05, 0) is 23.8 Å². The number of benzene rings is 3. The highest BCUT2D eigenvalue weighted by molar-refractivity contribution is 6.09. The lowest BCUT2D eigenvalue weighted by Crippen LogP contribution is -2.42. The molecule has 0 radical (unpaired) electrons. The molecule has 0 saturated carbocycles. The summed E-state index contributed by atoms with van der Waals surface area (Å²) in [6, 6.07) is 20.0. The minimum atomic E-state index is -1.20. The van der Waals surface area contributed by atoms with Gasteiger partial charge in [0.25, 0.3) is 5.91 Å². The molecule has 3 rings (SSSR count). The van der Waals surface area contributed by atoms with Gasteiger partial charge in [0.05, 0.1) is 12.7 Å². The van der Waals surface area contributed by atoms with Crippen LogP contribution < -0.4 is 5.32 Å². The Bertz CT molecular complexity index is 1140. The van der Waals surface area contributed by atoms with Crippen LogP contribution in [0.5, 0.6) is 0 Å². The smallest absolute Gasteiger partial charge is 0.337 e. The quantitative estimate of drug-likeness (QED) is 0.419. The molecular formula is C25H21NO6. The number of carbonyl (C=O) groups is 4. The summed E-state index contributed by atoms with van der Waals surface area (Å²) in [5.74, 6) is -2.56. The average Bonchev–Trinajstić information content (AvgIpc) is 2.83. The summed E-state index contributed by atoms with van der Waals surface area (Å²) >= 11 is 0. The Morgan fingerprint density at radius 1 is 0.812 bits per heavy atom. The molecule has 1 atom stereocenters. The number of esters is 1. The van der Waals surface area contributed by atoms with Gasteiger partial charge in [0.2, 0.25) is 0 Å². The molecule has 3 aromatic carbocycles. The van der Waals surface area contributed by atoms with Gasteiger partial charge < -0.3 is 15.2 Å². The first-order chi connectivity index (χ1) is 15.4. The number of carboxylic acid groups (broad SMARTS) is 1. The number of carbonyl (C=O) groups excluding carboxylic acids is 3. The van der Waals surface area contributed by atoms with Crippen LogP contribution in [-0.2, 0) is 16.0 Å². The number of ketones is 1. The predicted octanol–water partition coefficient (Wildman–Crippen LogP) is 3.13. The fraction of sp³-hybridized carbons (Fsp3) is 0.120. The molecule has 0 heterocycles. The second-order valence-corrected chi connectivity index (χ2v) is 7.03. The number of hydrogen-bond acceptors (Lipinski definition) is 5. The van der Waals surface area contributed by atoms with Crippen LogP contribution in [0.1, 0.15) is 42.2 Å². The maximum Gasteiger partial charge on any atom is 0.337 e. The van der Waals surface area contributed by atoms with Crippen molar-refractivity contribution in [3.8, 4) is 0 Å². The van der Waals surface area contributed by atoms with Crippen LogP contribution in [0.25, 0.3) is 0 Å². The largest absolute Gasteiger partial charge is 0.480 e. The maximum absolute atomic E-state index is 12.5. The molecule has 0 aliphatic rings. The molecular weight excluding hydrogens is 410 g/mol. The lowest BCUT2D eigenvalue weighted by molar-refractivity contribution is -0.139. The third kappa shape index (κ3) is 5.46. The van der Waals surface area contributed by atoms with E-state index in [0.717, 1.165) is 0 Å². The van der Waals surface area contributed by atoms with Crippen LogP contribution in [0.4, 0.5) is 0 Å². The number of ether oxygens (including phenoxy) is 1. The molecule has 0 unspecified atom stereocenters. The van der Waals surface area contributed by atoms with Crippen molar-refractivity contribution in [3.05, 3.63) is 107 Å². The van der Waals surface area contributed by atoms with Gasteiger partial charge in [-0.1, -0.05) is 60.7 Å². The number of methoxy groups -OCH3 is 1. The van der Waals surface area contributed by atoms with E-state index in [4.69, 9.17) is 0 Å². The number of carboxylic acids is 1. The fourth-order valence-corrected chi connectivity index (χ4v) is 3.13. The molecule has 1 amide bonds. The number of amides is 1. The Balaban J connectivity index is 1.70. The van der Waals surface area contributed by atoms with Crippen molar-refractivity contribution in [2.24, 2.45) is 0 Å². The molecule has 0 aliphatic carbocycles. The zero-order valence-electron chi connectivity index (χ0n) is 17.3. The van der Waals surface area contributed by atoms with Crippen molar-refractivity contribution in [1.82, 2.24) is 5.32 Å². The zero-order valence-corrected chi connectivity index (χ0v) is 17.3. The number of rotatable bonds is 8. The first-order valence-electron chi connectivity index (χ1n) is 9.80. The molecule has 0 fully saturated rings. The van der Waals surface area contributed by atoms with Crippen LogP contribution >= 0.6 is 0 Å². The van der Waals surface area contributed by atoms with Crippen LogP contribution in [0, 0.1) is 0 Å². The second-order valence-electron chi connectivity index (χ2n) is 7.03. The maximum atomic E-state index is 12.5. The molecule has 0 spiro atoms. The summed E-state index contributed by atoms with van der Waals surface area (Å²) in [7, 11) is 1.23. The minimum Gasteiger partial charge on any atom is -0.480 e. The van der Waals surface area contributed by atoms with E-state index in [9.17, 15) is 24.3 Å². The van der Waals surface area contributed by atoms with E-state index >= 15 is 0 Å². The van der Waals surface area contributed by atoms with E-state index < -0.39 is 23.9 Å². The van der Waals surface area contributed by atoms with Crippen molar-refractivity contribution >= 4 is 23.6 Å². The summed E-state index contributed by atoms with van der Waals surface area (Å²) in [6.07, 6.45) is 0.0254. The van der Waals surface area contributed by atoms with Crippen molar-refractivity contribution < 1.29 is 29.0 Å². The SMILES string of the molecule is COC(=O)c1cccc(C(=O)N[C@@H](Cc2ccc(C(=O)c3ccccc3)cc2)C(=O)O)c1. The Hall–Kier alpha value is -4.26. The van der Waals surface area contributed by atoms with Gasteiger partial charge in [0.15, 0.2) is 5.78 Å². The molecule has 0 aromatic heterocycles. The molecule has 3 aromatic rings. The molecule has 162 valence electrons. The van der Waals surface area contributed by atoms with E-state index in [-0.39, 0.29) is 23.3 Å². The Labute approximate surface area is 184 Å². The summed E-state index contributed by atoms with van der Waals surface area (Å²) in [5.41, 5.74) is 2.01.